The van der Waals surface area contributed by atoms with Gasteiger partial charge in [0.25, 0.3) is 0 Å². The fourth-order valence-corrected chi connectivity index (χ4v) is 1.48. The number of aromatic nitrogens is 1. The molecule has 0 saturated carbocycles. The lowest BCUT2D eigenvalue weighted by atomic mass is 10.3. The standard InChI is InChI=1S/C11H15ClF3N3/c1-3-18(2)5-4-16-10-9(12)6-8(7-17-10)11(13,14)15/h6-7H,3-5H2,1-2H3,(H,16,17). The van der Waals surface area contributed by atoms with Crippen LogP contribution in [0, 0.1) is 0 Å². The van der Waals surface area contributed by atoms with Crippen molar-refractivity contribution >= 4 is 17.4 Å². The van der Waals surface area contributed by atoms with Crippen molar-refractivity contribution in [3.05, 3.63) is 22.8 Å². The number of alkyl halides is 3. The molecule has 1 rings (SSSR count). The zero-order valence-electron chi connectivity index (χ0n) is 10.2. The molecular formula is C11H15ClF3N3. The smallest absolute Gasteiger partial charge is 0.368 e. The van der Waals surface area contributed by atoms with E-state index in [2.05, 4.69) is 15.2 Å². The van der Waals surface area contributed by atoms with Gasteiger partial charge in [-0.25, -0.2) is 4.98 Å². The van der Waals surface area contributed by atoms with Crippen molar-refractivity contribution in [3.8, 4) is 0 Å². The van der Waals surface area contributed by atoms with Crippen LogP contribution >= 0.6 is 11.6 Å². The molecule has 0 aromatic carbocycles. The first kappa shape index (κ1) is 15.0. The Hall–Kier alpha value is -1.01. The van der Waals surface area contributed by atoms with E-state index in [1.165, 1.54) is 0 Å². The van der Waals surface area contributed by atoms with Gasteiger partial charge in [-0.3, -0.25) is 0 Å². The maximum Gasteiger partial charge on any atom is 0.417 e. The quantitative estimate of drug-likeness (QED) is 0.899. The molecule has 7 heteroatoms. The summed E-state index contributed by atoms with van der Waals surface area (Å²) in [6, 6.07) is 0.875. The minimum Gasteiger partial charge on any atom is -0.368 e. The van der Waals surface area contributed by atoms with Gasteiger partial charge in [0.05, 0.1) is 10.6 Å². The third-order valence-electron chi connectivity index (χ3n) is 2.49. The van der Waals surface area contributed by atoms with Crippen LogP contribution in [0.15, 0.2) is 12.3 Å². The molecule has 0 spiro atoms. The summed E-state index contributed by atoms with van der Waals surface area (Å²) in [5.74, 6) is 0.272. The predicted molar refractivity (Wildman–Crippen MR) is 65.9 cm³/mol. The molecule has 1 aromatic rings. The Labute approximate surface area is 109 Å². The second kappa shape index (κ2) is 6.24. The first-order valence-electron chi connectivity index (χ1n) is 5.49. The van der Waals surface area contributed by atoms with E-state index in [0.717, 1.165) is 25.4 Å². The van der Waals surface area contributed by atoms with Crippen molar-refractivity contribution in [2.75, 3.05) is 32.0 Å². The predicted octanol–water partition coefficient (Wildman–Crippen LogP) is 3.12. The first-order valence-corrected chi connectivity index (χ1v) is 5.87. The highest BCUT2D eigenvalue weighted by Gasteiger charge is 2.31. The minimum absolute atomic E-state index is 0.0241. The van der Waals surface area contributed by atoms with Crippen LogP contribution in [0.5, 0.6) is 0 Å². The molecular weight excluding hydrogens is 267 g/mol. The fourth-order valence-electron chi connectivity index (χ4n) is 1.25. The Balaban J connectivity index is 2.63. The van der Waals surface area contributed by atoms with Crippen molar-refractivity contribution in [1.29, 1.82) is 0 Å². The second-order valence-corrected chi connectivity index (χ2v) is 4.28. The lowest BCUT2D eigenvalue weighted by Crippen LogP contribution is -2.25. The molecule has 0 aliphatic heterocycles. The normalized spacial score (nSPS) is 11.9. The number of rotatable bonds is 5. The molecule has 18 heavy (non-hydrogen) atoms. The van der Waals surface area contributed by atoms with E-state index in [9.17, 15) is 13.2 Å². The van der Waals surface area contributed by atoms with Crippen molar-refractivity contribution in [1.82, 2.24) is 9.88 Å². The van der Waals surface area contributed by atoms with Gasteiger partial charge in [0.15, 0.2) is 0 Å². The molecule has 0 unspecified atom stereocenters. The number of nitrogens with zero attached hydrogens (tertiary/aromatic N) is 2. The molecule has 1 N–H and O–H groups in total. The summed E-state index contributed by atoms with van der Waals surface area (Å²) < 4.78 is 37.1. The summed E-state index contributed by atoms with van der Waals surface area (Å²) in [4.78, 5) is 5.75. The van der Waals surface area contributed by atoms with Crippen molar-refractivity contribution < 1.29 is 13.2 Å². The SMILES string of the molecule is CCN(C)CCNc1ncc(C(F)(F)F)cc1Cl. The van der Waals surface area contributed by atoms with E-state index in [1.807, 2.05) is 14.0 Å². The molecule has 0 radical (unpaired) electrons. The van der Waals surface area contributed by atoms with Crippen LogP contribution in [0.2, 0.25) is 5.02 Å². The van der Waals surface area contributed by atoms with E-state index in [1.54, 1.807) is 0 Å². The Morgan fingerprint density at radius 1 is 1.44 bits per heavy atom. The monoisotopic (exact) mass is 281 g/mol. The highest BCUT2D eigenvalue weighted by atomic mass is 35.5. The Morgan fingerprint density at radius 2 is 2.11 bits per heavy atom. The lowest BCUT2D eigenvalue weighted by molar-refractivity contribution is -0.137. The molecule has 3 nitrogen and oxygen atoms in total. The molecule has 0 atom stereocenters. The van der Waals surface area contributed by atoms with Crippen LogP contribution in [-0.2, 0) is 6.18 Å². The maximum atomic E-state index is 12.4. The molecule has 1 heterocycles. The number of hydrogen-bond acceptors (Lipinski definition) is 3. The Morgan fingerprint density at radius 3 is 2.61 bits per heavy atom. The van der Waals surface area contributed by atoms with Gasteiger partial charge in [0, 0.05) is 19.3 Å². The largest absolute Gasteiger partial charge is 0.417 e. The van der Waals surface area contributed by atoms with Crippen LogP contribution in [0.25, 0.3) is 0 Å². The molecule has 0 bridgehead atoms. The molecule has 102 valence electrons. The van der Waals surface area contributed by atoms with Gasteiger partial charge in [0.1, 0.15) is 5.82 Å². The average molecular weight is 282 g/mol. The number of halogens is 4. The Bertz CT molecular complexity index is 396. The highest BCUT2D eigenvalue weighted by molar-refractivity contribution is 6.32. The topological polar surface area (TPSA) is 28.2 Å². The van der Waals surface area contributed by atoms with Gasteiger partial charge < -0.3 is 10.2 Å². The molecule has 0 aliphatic rings. The third-order valence-corrected chi connectivity index (χ3v) is 2.78. The highest BCUT2D eigenvalue weighted by Crippen LogP contribution is 2.32. The summed E-state index contributed by atoms with van der Waals surface area (Å²) in [6.45, 7) is 4.25. The summed E-state index contributed by atoms with van der Waals surface area (Å²) >= 11 is 5.75. The second-order valence-electron chi connectivity index (χ2n) is 3.87. The number of nitrogens with one attached hydrogen (secondary N) is 1. The van der Waals surface area contributed by atoms with E-state index in [-0.39, 0.29) is 10.8 Å². The molecule has 0 aliphatic carbocycles. The van der Waals surface area contributed by atoms with Crippen LogP contribution in [0.4, 0.5) is 19.0 Å². The van der Waals surface area contributed by atoms with Crippen molar-refractivity contribution in [3.63, 3.8) is 0 Å². The zero-order valence-corrected chi connectivity index (χ0v) is 10.9. The summed E-state index contributed by atoms with van der Waals surface area (Å²) in [5.41, 5.74) is -0.844. The fraction of sp³-hybridized carbons (Fsp3) is 0.545. The number of hydrogen-bond donors (Lipinski definition) is 1. The number of pyridine rings is 1. The van der Waals surface area contributed by atoms with Crippen LogP contribution in [-0.4, -0.2) is 36.6 Å². The summed E-state index contributed by atoms with van der Waals surface area (Å²) in [7, 11) is 1.95. The van der Waals surface area contributed by atoms with Crippen LogP contribution < -0.4 is 5.32 Å². The van der Waals surface area contributed by atoms with Gasteiger partial charge in [-0.05, 0) is 19.7 Å². The maximum absolute atomic E-state index is 12.4. The summed E-state index contributed by atoms with van der Waals surface area (Å²) in [6.07, 6.45) is -3.64. The average Bonchev–Trinajstić information content (AvgIpc) is 2.29. The number of likely N-dealkylation sites (N-methyl/N-ethyl adjacent to an activating group) is 1. The third kappa shape index (κ3) is 4.34. The summed E-state index contributed by atoms with van der Waals surface area (Å²) in [5, 5.41) is 2.88. The Kier molecular flexibility index (Phi) is 5.22. The van der Waals surface area contributed by atoms with Crippen molar-refractivity contribution in [2.45, 2.75) is 13.1 Å². The van der Waals surface area contributed by atoms with E-state index < -0.39 is 11.7 Å². The zero-order chi connectivity index (χ0) is 13.8. The lowest BCUT2D eigenvalue weighted by Gasteiger charge is -2.15. The van der Waals surface area contributed by atoms with Gasteiger partial charge in [-0.1, -0.05) is 18.5 Å². The number of anilines is 1. The van der Waals surface area contributed by atoms with Gasteiger partial charge in [-0.15, -0.1) is 0 Å². The van der Waals surface area contributed by atoms with E-state index >= 15 is 0 Å². The first-order chi connectivity index (χ1) is 8.34. The molecule has 0 saturated heterocycles. The molecule has 0 fully saturated rings. The molecule has 1 aromatic heterocycles. The van der Waals surface area contributed by atoms with E-state index in [4.69, 9.17) is 11.6 Å². The van der Waals surface area contributed by atoms with Gasteiger partial charge in [-0.2, -0.15) is 13.2 Å². The van der Waals surface area contributed by atoms with Crippen LogP contribution in [0.1, 0.15) is 12.5 Å². The van der Waals surface area contributed by atoms with Gasteiger partial charge in [0.2, 0.25) is 0 Å². The van der Waals surface area contributed by atoms with Crippen LogP contribution in [0.3, 0.4) is 0 Å². The van der Waals surface area contributed by atoms with Gasteiger partial charge >= 0.3 is 6.18 Å². The minimum atomic E-state index is -4.42. The van der Waals surface area contributed by atoms with E-state index in [0.29, 0.717) is 6.54 Å². The molecule has 0 amide bonds. The van der Waals surface area contributed by atoms with Crippen molar-refractivity contribution in [2.24, 2.45) is 0 Å².